The van der Waals surface area contributed by atoms with Crippen molar-refractivity contribution < 1.29 is 4.39 Å². The number of halogens is 1. The van der Waals surface area contributed by atoms with Gasteiger partial charge in [0.25, 0.3) is 0 Å². The van der Waals surface area contributed by atoms with E-state index in [1.165, 1.54) is 36.1 Å². The lowest BCUT2D eigenvalue weighted by molar-refractivity contribution is 0.304. The molecule has 0 fully saturated rings. The van der Waals surface area contributed by atoms with Gasteiger partial charge >= 0.3 is 0 Å². The maximum Gasteiger partial charge on any atom is 0.123 e. The van der Waals surface area contributed by atoms with Crippen LogP contribution in [0.4, 0.5) is 4.39 Å². The van der Waals surface area contributed by atoms with Crippen LogP contribution in [0.3, 0.4) is 0 Å². The fraction of sp³-hybridized carbons (Fsp3) is 0.364. The minimum absolute atomic E-state index is 0.196. The lowest BCUT2D eigenvalue weighted by Crippen LogP contribution is -2.25. The first-order chi connectivity index (χ1) is 11.6. The number of allylic oxidation sites excluding steroid dienone is 1. The summed E-state index contributed by atoms with van der Waals surface area (Å²) < 4.78 is 13.0. The van der Waals surface area contributed by atoms with Gasteiger partial charge in [0.05, 0.1) is 0 Å². The molecule has 24 heavy (non-hydrogen) atoms. The molecule has 2 aromatic rings. The highest BCUT2D eigenvalue weighted by atomic mass is 19.1. The van der Waals surface area contributed by atoms with E-state index in [4.69, 9.17) is 0 Å². The molecule has 1 nitrogen and oxygen atoms in total. The van der Waals surface area contributed by atoms with Crippen molar-refractivity contribution in [2.75, 3.05) is 19.6 Å². The molecule has 0 N–H and O–H groups in total. The first-order valence-corrected chi connectivity index (χ1v) is 8.89. The Morgan fingerprint density at radius 3 is 1.88 bits per heavy atom. The Labute approximate surface area is 145 Å². The standard InChI is InChI=1S/C22H28FN/c1-4-15-24(16-5-2)17-14-18(3)19-6-8-20(9-7-19)21-10-12-22(23)13-11-21/h6-14H,4-5,15-17H2,1-3H3. The minimum Gasteiger partial charge on any atom is -0.300 e. The third kappa shape index (κ3) is 5.31. The van der Waals surface area contributed by atoms with Crippen LogP contribution in [0.5, 0.6) is 0 Å². The zero-order valence-corrected chi connectivity index (χ0v) is 15.1. The Kier molecular flexibility index (Phi) is 7.20. The summed E-state index contributed by atoms with van der Waals surface area (Å²) in [5.74, 6) is -0.196. The summed E-state index contributed by atoms with van der Waals surface area (Å²) in [5, 5.41) is 0. The maximum atomic E-state index is 13.0. The van der Waals surface area contributed by atoms with Crippen molar-refractivity contribution in [3.05, 3.63) is 66.0 Å². The van der Waals surface area contributed by atoms with E-state index in [2.05, 4.69) is 56.0 Å². The lowest BCUT2D eigenvalue weighted by atomic mass is 10.0. The Balaban J connectivity index is 2.06. The second-order valence-electron chi connectivity index (χ2n) is 6.27. The molecule has 0 aliphatic carbocycles. The zero-order chi connectivity index (χ0) is 17.4. The van der Waals surface area contributed by atoms with Gasteiger partial charge in [-0.15, -0.1) is 0 Å². The quantitative estimate of drug-likeness (QED) is 0.574. The van der Waals surface area contributed by atoms with Gasteiger partial charge in [-0.1, -0.05) is 56.3 Å². The Hall–Kier alpha value is -1.93. The Bertz CT molecular complexity index is 635. The van der Waals surface area contributed by atoms with E-state index in [0.29, 0.717) is 0 Å². The normalized spacial score (nSPS) is 12.0. The first-order valence-electron chi connectivity index (χ1n) is 8.89. The highest BCUT2D eigenvalue weighted by Crippen LogP contribution is 2.22. The smallest absolute Gasteiger partial charge is 0.123 e. The number of hydrogen-bond donors (Lipinski definition) is 0. The van der Waals surface area contributed by atoms with Gasteiger partial charge in [0, 0.05) is 6.54 Å². The molecule has 0 bridgehead atoms. The summed E-state index contributed by atoms with van der Waals surface area (Å²) in [7, 11) is 0. The van der Waals surface area contributed by atoms with Crippen molar-refractivity contribution >= 4 is 5.57 Å². The molecule has 0 spiro atoms. The molecule has 0 unspecified atom stereocenters. The molecular formula is C22H28FN. The molecule has 0 aromatic heterocycles. The molecule has 0 saturated heterocycles. The number of hydrogen-bond acceptors (Lipinski definition) is 1. The topological polar surface area (TPSA) is 3.24 Å². The molecule has 0 heterocycles. The van der Waals surface area contributed by atoms with E-state index in [-0.39, 0.29) is 5.82 Å². The second kappa shape index (κ2) is 9.39. The predicted molar refractivity (Wildman–Crippen MR) is 103 cm³/mol. The van der Waals surface area contributed by atoms with Crippen molar-refractivity contribution in [1.82, 2.24) is 4.90 Å². The third-order valence-corrected chi connectivity index (χ3v) is 4.25. The van der Waals surface area contributed by atoms with Crippen LogP contribution >= 0.6 is 0 Å². The zero-order valence-electron chi connectivity index (χ0n) is 15.1. The molecule has 2 aromatic carbocycles. The van der Waals surface area contributed by atoms with Crippen LogP contribution in [0.1, 0.15) is 39.2 Å². The first kappa shape index (κ1) is 18.4. The fourth-order valence-electron chi connectivity index (χ4n) is 2.88. The van der Waals surface area contributed by atoms with Crippen LogP contribution in [-0.2, 0) is 0 Å². The largest absolute Gasteiger partial charge is 0.300 e. The molecule has 0 saturated carbocycles. The van der Waals surface area contributed by atoms with Crippen molar-refractivity contribution in [3.8, 4) is 11.1 Å². The maximum absolute atomic E-state index is 13.0. The van der Waals surface area contributed by atoms with Crippen LogP contribution in [0.2, 0.25) is 0 Å². The molecule has 0 aliphatic heterocycles. The van der Waals surface area contributed by atoms with Crippen molar-refractivity contribution in [3.63, 3.8) is 0 Å². The third-order valence-electron chi connectivity index (χ3n) is 4.25. The number of rotatable bonds is 8. The SMILES string of the molecule is CCCN(CC=C(C)c1ccc(-c2ccc(F)cc2)cc1)CCC. The van der Waals surface area contributed by atoms with Crippen molar-refractivity contribution in [2.45, 2.75) is 33.6 Å². The molecule has 0 atom stereocenters. The highest BCUT2D eigenvalue weighted by molar-refractivity contribution is 5.69. The van der Waals surface area contributed by atoms with E-state index in [1.54, 1.807) is 0 Å². The lowest BCUT2D eigenvalue weighted by Gasteiger charge is -2.19. The highest BCUT2D eigenvalue weighted by Gasteiger charge is 2.03. The van der Waals surface area contributed by atoms with Gasteiger partial charge in [-0.2, -0.15) is 0 Å². The summed E-state index contributed by atoms with van der Waals surface area (Å²) in [5.41, 5.74) is 4.71. The predicted octanol–water partition coefficient (Wildman–Crippen LogP) is 6.02. The number of benzene rings is 2. The molecular weight excluding hydrogens is 297 g/mol. The Morgan fingerprint density at radius 2 is 1.38 bits per heavy atom. The van der Waals surface area contributed by atoms with Gasteiger partial charge in [-0.3, -0.25) is 4.90 Å². The molecule has 0 radical (unpaired) electrons. The minimum atomic E-state index is -0.196. The molecule has 0 aliphatic rings. The summed E-state index contributed by atoms with van der Waals surface area (Å²) >= 11 is 0. The van der Waals surface area contributed by atoms with Crippen LogP contribution < -0.4 is 0 Å². The van der Waals surface area contributed by atoms with Gasteiger partial charge in [0.15, 0.2) is 0 Å². The molecule has 2 heteroatoms. The average Bonchev–Trinajstić information content (AvgIpc) is 2.60. The van der Waals surface area contributed by atoms with Crippen molar-refractivity contribution in [1.29, 1.82) is 0 Å². The van der Waals surface area contributed by atoms with Crippen LogP contribution in [0.15, 0.2) is 54.6 Å². The molecule has 128 valence electrons. The van der Waals surface area contributed by atoms with Crippen LogP contribution in [0.25, 0.3) is 16.7 Å². The van der Waals surface area contributed by atoms with E-state index in [1.807, 2.05) is 12.1 Å². The van der Waals surface area contributed by atoms with Crippen molar-refractivity contribution in [2.24, 2.45) is 0 Å². The second-order valence-corrected chi connectivity index (χ2v) is 6.27. The summed E-state index contributed by atoms with van der Waals surface area (Å²) in [4.78, 5) is 2.50. The van der Waals surface area contributed by atoms with E-state index in [0.717, 1.165) is 30.8 Å². The van der Waals surface area contributed by atoms with Gasteiger partial charge in [-0.25, -0.2) is 4.39 Å². The van der Waals surface area contributed by atoms with Gasteiger partial charge in [0.2, 0.25) is 0 Å². The van der Waals surface area contributed by atoms with E-state index >= 15 is 0 Å². The van der Waals surface area contributed by atoms with Gasteiger partial charge in [-0.05, 0) is 67.3 Å². The van der Waals surface area contributed by atoms with Crippen LogP contribution in [0, 0.1) is 5.82 Å². The Morgan fingerprint density at radius 1 is 0.875 bits per heavy atom. The van der Waals surface area contributed by atoms with Crippen LogP contribution in [-0.4, -0.2) is 24.5 Å². The van der Waals surface area contributed by atoms with Gasteiger partial charge in [0.1, 0.15) is 5.82 Å². The number of nitrogens with zero attached hydrogens (tertiary/aromatic N) is 1. The summed E-state index contributed by atoms with van der Waals surface area (Å²) in [6, 6.07) is 15.2. The fourth-order valence-corrected chi connectivity index (χ4v) is 2.88. The van der Waals surface area contributed by atoms with Gasteiger partial charge < -0.3 is 0 Å². The molecule has 0 amide bonds. The monoisotopic (exact) mass is 325 g/mol. The molecule has 2 rings (SSSR count). The summed E-state index contributed by atoms with van der Waals surface area (Å²) in [6.07, 6.45) is 4.71. The average molecular weight is 325 g/mol. The summed E-state index contributed by atoms with van der Waals surface area (Å²) in [6.45, 7) is 9.94. The van der Waals surface area contributed by atoms with E-state index in [9.17, 15) is 4.39 Å². The van der Waals surface area contributed by atoms with E-state index < -0.39 is 0 Å².